The molecular weight excluding hydrogens is 305 g/mol. The highest BCUT2D eigenvalue weighted by Crippen LogP contribution is 2.59. The van der Waals surface area contributed by atoms with Crippen molar-refractivity contribution in [2.75, 3.05) is 25.2 Å². The molecule has 0 N–H and O–H groups in total. The lowest BCUT2D eigenvalue weighted by Gasteiger charge is -2.46. The predicted octanol–water partition coefficient (Wildman–Crippen LogP) is 3.89. The highest BCUT2D eigenvalue weighted by molar-refractivity contribution is 6.64. The molecular formula is C17H21ClFNO2. The maximum Gasteiger partial charge on any atom is 0.225 e. The second kappa shape index (κ2) is 5.73. The Hall–Kier alpha value is -1.29. The molecule has 2 aliphatic rings. The number of carbonyl (C=O) groups excluding carboxylic acids is 1. The van der Waals surface area contributed by atoms with E-state index in [1.807, 2.05) is 18.2 Å². The molecule has 1 fully saturated rings. The van der Waals surface area contributed by atoms with Crippen molar-refractivity contribution in [2.24, 2.45) is 5.92 Å². The van der Waals surface area contributed by atoms with E-state index in [0.717, 1.165) is 36.3 Å². The largest absolute Gasteiger partial charge is 0.496 e. The normalized spacial score (nSPS) is 29.9. The average Bonchev–Trinajstić information content (AvgIpc) is 2.76. The number of ether oxygens (including phenoxy) is 1. The number of hydrogen-bond acceptors (Lipinski definition) is 3. The van der Waals surface area contributed by atoms with Gasteiger partial charge >= 0.3 is 0 Å². The second-order valence-electron chi connectivity index (χ2n) is 6.37. The average molecular weight is 326 g/mol. The van der Waals surface area contributed by atoms with Gasteiger partial charge in [-0.3, -0.25) is 4.79 Å². The maximum absolute atomic E-state index is 13.1. The minimum atomic E-state index is -0.418. The van der Waals surface area contributed by atoms with Crippen molar-refractivity contribution in [3.05, 3.63) is 23.8 Å². The Morgan fingerprint density at radius 1 is 1.55 bits per heavy atom. The van der Waals surface area contributed by atoms with Crippen LogP contribution in [0, 0.1) is 5.92 Å². The van der Waals surface area contributed by atoms with Crippen molar-refractivity contribution >= 4 is 22.5 Å². The van der Waals surface area contributed by atoms with Gasteiger partial charge in [-0.2, -0.15) is 0 Å². The summed E-state index contributed by atoms with van der Waals surface area (Å²) < 4.78 is 18.7. The number of rotatable bonds is 4. The summed E-state index contributed by atoms with van der Waals surface area (Å²) in [6, 6.07) is 5.82. The summed E-state index contributed by atoms with van der Waals surface area (Å²) in [5.74, 6) is 0.490. The standard InChI is InChI=1S/C17H21ClFNO2/c1-17-8-4-5-11(16(18)21)15(17)14-12(20(17)10-9-19)6-3-7-13(14)22-2/h3,6-7,11,15H,4-5,8-10H2,1-2H3. The van der Waals surface area contributed by atoms with Gasteiger partial charge in [0.25, 0.3) is 0 Å². The number of fused-ring (bicyclic) bond motifs is 3. The van der Waals surface area contributed by atoms with Gasteiger partial charge in [-0.05, 0) is 43.5 Å². The Labute approximate surface area is 135 Å². The number of anilines is 1. The highest BCUT2D eigenvalue weighted by atomic mass is 35.5. The van der Waals surface area contributed by atoms with Crippen LogP contribution in [0.15, 0.2) is 18.2 Å². The van der Waals surface area contributed by atoms with Gasteiger partial charge < -0.3 is 9.64 Å². The minimum Gasteiger partial charge on any atom is -0.496 e. The fraction of sp³-hybridized carbons (Fsp3) is 0.588. The summed E-state index contributed by atoms with van der Waals surface area (Å²) >= 11 is 5.90. The Kier molecular flexibility index (Phi) is 4.06. The quantitative estimate of drug-likeness (QED) is 0.786. The smallest absolute Gasteiger partial charge is 0.225 e. The lowest BCUT2D eigenvalue weighted by molar-refractivity contribution is -0.117. The van der Waals surface area contributed by atoms with Crippen LogP contribution in [0.1, 0.15) is 37.7 Å². The fourth-order valence-electron chi connectivity index (χ4n) is 4.49. The Morgan fingerprint density at radius 3 is 2.95 bits per heavy atom. The van der Waals surface area contributed by atoms with Crippen molar-refractivity contribution in [3.63, 3.8) is 0 Å². The molecule has 22 heavy (non-hydrogen) atoms. The lowest BCUT2D eigenvalue weighted by Crippen LogP contribution is -2.52. The van der Waals surface area contributed by atoms with Crippen LogP contribution < -0.4 is 9.64 Å². The number of methoxy groups -OCH3 is 1. The molecule has 0 saturated heterocycles. The van der Waals surface area contributed by atoms with Crippen molar-refractivity contribution in [2.45, 2.75) is 37.6 Å². The van der Waals surface area contributed by atoms with E-state index in [0.29, 0.717) is 6.54 Å². The molecule has 1 saturated carbocycles. The Morgan fingerprint density at radius 2 is 2.32 bits per heavy atom. The van der Waals surface area contributed by atoms with Crippen LogP contribution in [-0.4, -0.2) is 31.1 Å². The Balaban J connectivity index is 2.19. The minimum absolute atomic E-state index is 0.0380. The van der Waals surface area contributed by atoms with E-state index in [-0.39, 0.29) is 22.6 Å². The molecule has 1 aromatic rings. The predicted molar refractivity (Wildman–Crippen MR) is 85.7 cm³/mol. The number of hydrogen-bond donors (Lipinski definition) is 0. The summed E-state index contributed by atoms with van der Waals surface area (Å²) in [4.78, 5) is 14.1. The molecule has 3 unspecified atom stereocenters. The van der Waals surface area contributed by atoms with Crippen molar-refractivity contribution in [3.8, 4) is 5.75 Å². The van der Waals surface area contributed by atoms with Gasteiger partial charge in [-0.25, -0.2) is 4.39 Å². The maximum atomic E-state index is 13.1. The van der Waals surface area contributed by atoms with Gasteiger partial charge in [-0.1, -0.05) is 12.5 Å². The van der Waals surface area contributed by atoms with Crippen LogP contribution in [0.3, 0.4) is 0 Å². The SMILES string of the molecule is COc1cccc2c1C1C(C(=O)Cl)CCCC1(C)N2CCF. The molecule has 5 heteroatoms. The molecule has 3 atom stereocenters. The summed E-state index contributed by atoms with van der Waals surface area (Å²) in [5.41, 5.74) is 1.71. The highest BCUT2D eigenvalue weighted by Gasteiger charge is 2.55. The summed E-state index contributed by atoms with van der Waals surface area (Å²) in [7, 11) is 1.63. The van der Waals surface area contributed by atoms with Gasteiger partial charge in [0.15, 0.2) is 0 Å². The zero-order valence-electron chi connectivity index (χ0n) is 12.9. The molecule has 1 aliphatic carbocycles. The molecule has 3 rings (SSSR count). The van der Waals surface area contributed by atoms with Crippen LogP contribution in [0.25, 0.3) is 0 Å². The van der Waals surface area contributed by atoms with Crippen molar-refractivity contribution in [1.82, 2.24) is 0 Å². The lowest BCUT2D eigenvalue weighted by atomic mass is 9.67. The van der Waals surface area contributed by atoms with E-state index >= 15 is 0 Å². The topological polar surface area (TPSA) is 29.5 Å². The van der Waals surface area contributed by atoms with Crippen LogP contribution >= 0.6 is 11.6 Å². The van der Waals surface area contributed by atoms with Crippen LogP contribution in [0.2, 0.25) is 0 Å². The molecule has 0 bridgehead atoms. The Bertz CT molecular complexity index is 594. The van der Waals surface area contributed by atoms with E-state index in [2.05, 4.69) is 11.8 Å². The van der Waals surface area contributed by atoms with E-state index in [4.69, 9.17) is 16.3 Å². The molecule has 1 aromatic carbocycles. The van der Waals surface area contributed by atoms with E-state index in [9.17, 15) is 9.18 Å². The third-order valence-electron chi connectivity index (χ3n) is 5.35. The first kappa shape index (κ1) is 15.6. The third kappa shape index (κ3) is 2.11. The van der Waals surface area contributed by atoms with E-state index in [1.165, 1.54) is 0 Å². The summed E-state index contributed by atoms with van der Waals surface area (Å²) in [5, 5.41) is -0.296. The zero-order chi connectivity index (χ0) is 15.9. The molecule has 3 nitrogen and oxygen atoms in total. The number of alkyl halides is 1. The molecule has 0 amide bonds. The number of carbonyl (C=O) groups is 1. The number of benzene rings is 1. The first-order valence-corrected chi connectivity index (χ1v) is 8.12. The fourth-order valence-corrected chi connectivity index (χ4v) is 4.72. The van der Waals surface area contributed by atoms with Gasteiger partial charge in [0.05, 0.1) is 7.11 Å². The van der Waals surface area contributed by atoms with Crippen LogP contribution in [0.5, 0.6) is 5.75 Å². The van der Waals surface area contributed by atoms with Gasteiger partial charge in [0.2, 0.25) is 5.24 Å². The van der Waals surface area contributed by atoms with Crippen molar-refractivity contribution < 1.29 is 13.9 Å². The molecule has 120 valence electrons. The molecule has 0 radical (unpaired) electrons. The van der Waals surface area contributed by atoms with Crippen molar-refractivity contribution in [1.29, 1.82) is 0 Å². The zero-order valence-corrected chi connectivity index (χ0v) is 13.7. The van der Waals surface area contributed by atoms with Crippen LogP contribution in [-0.2, 0) is 4.79 Å². The number of halogens is 2. The van der Waals surface area contributed by atoms with Gasteiger partial charge in [0, 0.05) is 35.2 Å². The first-order chi connectivity index (χ1) is 10.5. The van der Waals surface area contributed by atoms with E-state index in [1.54, 1.807) is 7.11 Å². The molecule has 1 heterocycles. The molecule has 1 aliphatic heterocycles. The first-order valence-electron chi connectivity index (χ1n) is 7.74. The summed E-state index contributed by atoms with van der Waals surface area (Å²) in [6.45, 7) is 2.04. The van der Waals surface area contributed by atoms with E-state index < -0.39 is 6.67 Å². The molecule has 0 aromatic heterocycles. The number of nitrogens with zero attached hydrogens (tertiary/aromatic N) is 1. The second-order valence-corrected chi connectivity index (χ2v) is 6.74. The summed E-state index contributed by atoms with van der Waals surface area (Å²) in [6.07, 6.45) is 2.63. The van der Waals surface area contributed by atoms with Gasteiger partial charge in [0.1, 0.15) is 12.4 Å². The molecule has 0 spiro atoms. The third-order valence-corrected chi connectivity index (χ3v) is 5.63. The monoisotopic (exact) mass is 325 g/mol. The van der Waals surface area contributed by atoms with Gasteiger partial charge in [-0.15, -0.1) is 0 Å². The van der Waals surface area contributed by atoms with Crippen LogP contribution in [0.4, 0.5) is 10.1 Å².